The Labute approximate surface area is 113 Å². The number of rotatable bonds is 7. The Balaban J connectivity index is 1.75. The lowest BCUT2D eigenvalue weighted by atomic mass is 10.1. The molecule has 0 saturated heterocycles. The van der Waals surface area contributed by atoms with Crippen LogP contribution in [0.4, 0.5) is 0 Å². The van der Waals surface area contributed by atoms with E-state index in [-0.39, 0.29) is 0 Å². The Morgan fingerprint density at radius 1 is 1.16 bits per heavy atom. The van der Waals surface area contributed by atoms with Crippen molar-refractivity contribution in [1.29, 1.82) is 0 Å². The fraction of sp³-hybridized carbons (Fsp3) is 0.333. The zero-order valence-corrected chi connectivity index (χ0v) is 11.2. The first-order valence-corrected chi connectivity index (χ1v) is 6.50. The van der Waals surface area contributed by atoms with E-state index in [1.165, 1.54) is 5.56 Å². The molecule has 0 spiro atoms. The Hall–Kier alpha value is -1.94. The van der Waals surface area contributed by atoms with Gasteiger partial charge in [-0.15, -0.1) is 0 Å². The van der Waals surface area contributed by atoms with Crippen LogP contribution in [-0.2, 0) is 13.0 Å². The summed E-state index contributed by atoms with van der Waals surface area (Å²) < 4.78 is 5.73. The van der Waals surface area contributed by atoms with E-state index < -0.39 is 0 Å². The van der Waals surface area contributed by atoms with Crippen molar-refractivity contribution in [3.63, 3.8) is 0 Å². The van der Waals surface area contributed by atoms with Crippen LogP contribution in [0.15, 0.2) is 42.9 Å². The lowest BCUT2D eigenvalue weighted by molar-refractivity contribution is 0.310. The summed E-state index contributed by atoms with van der Waals surface area (Å²) in [5.74, 6) is 0.884. The highest BCUT2D eigenvalue weighted by molar-refractivity contribution is 5.22. The summed E-state index contributed by atoms with van der Waals surface area (Å²) in [7, 11) is 1.91. The Morgan fingerprint density at radius 2 is 2.00 bits per heavy atom. The highest BCUT2D eigenvalue weighted by Crippen LogP contribution is 2.11. The van der Waals surface area contributed by atoms with Crippen molar-refractivity contribution in [2.45, 2.75) is 19.4 Å². The van der Waals surface area contributed by atoms with E-state index in [0.29, 0.717) is 6.61 Å². The minimum Gasteiger partial charge on any atom is -0.493 e. The minimum absolute atomic E-state index is 0.714. The summed E-state index contributed by atoms with van der Waals surface area (Å²) in [4.78, 5) is 8.26. The van der Waals surface area contributed by atoms with Gasteiger partial charge in [-0.25, -0.2) is 0 Å². The molecule has 4 heteroatoms. The van der Waals surface area contributed by atoms with Crippen LogP contribution in [0.3, 0.4) is 0 Å². The van der Waals surface area contributed by atoms with E-state index in [1.807, 2.05) is 43.7 Å². The number of hydrogen-bond donors (Lipinski definition) is 1. The Bertz CT molecular complexity index is 488. The number of hydrogen-bond acceptors (Lipinski definition) is 4. The number of ether oxygens (including phenoxy) is 1. The third-order valence-electron chi connectivity index (χ3n) is 2.77. The van der Waals surface area contributed by atoms with Crippen molar-refractivity contribution in [3.05, 3.63) is 54.1 Å². The largest absolute Gasteiger partial charge is 0.493 e. The van der Waals surface area contributed by atoms with Gasteiger partial charge < -0.3 is 10.1 Å². The summed E-state index contributed by atoms with van der Waals surface area (Å²) in [6.45, 7) is 1.47. The van der Waals surface area contributed by atoms with Gasteiger partial charge in [-0.05, 0) is 43.7 Å². The maximum atomic E-state index is 5.73. The van der Waals surface area contributed by atoms with Crippen LogP contribution < -0.4 is 10.1 Å². The molecule has 0 atom stereocenters. The van der Waals surface area contributed by atoms with Gasteiger partial charge >= 0.3 is 0 Å². The smallest absolute Gasteiger partial charge is 0.122 e. The molecule has 0 amide bonds. The van der Waals surface area contributed by atoms with Crippen molar-refractivity contribution in [3.8, 4) is 5.75 Å². The van der Waals surface area contributed by atoms with Gasteiger partial charge in [0.1, 0.15) is 5.75 Å². The van der Waals surface area contributed by atoms with Gasteiger partial charge in [0, 0.05) is 31.2 Å². The maximum absolute atomic E-state index is 5.73. The Kier molecular flexibility index (Phi) is 5.31. The molecule has 0 saturated carbocycles. The summed E-state index contributed by atoms with van der Waals surface area (Å²) in [6.07, 6.45) is 7.43. The molecule has 100 valence electrons. The molecule has 1 N–H and O–H groups in total. The molecule has 19 heavy (non-hydrogen) atoms. The highest BCUT2D eigenvalue weighted by Gasteiger charge is 1.98. The van der Waals surface area contributed by atoms with Crippen LogP contribution in [-0.4, -0.2) is 23.6 Å². The standard InChI is InChI=1S/C15H19N3O/c1-16-12-14-11-15(6-9-18-14)19-10-2-3-13-4-7-17-8-5-13/h4-9,11,16H,2-3,10,12H2,1H3. The second-order valence-corrected chi connectivity index (χ2v) is 4.32. The molecule has 0 aliphatic rings. The van der Waals surface area contributed by atoms with Crippen LogP contribution >= 0.6 is 0 Å². The average molecular weight is 257 g/mol. The summed E-state index contributed by atoms with van der Waals surface area (Å²) in [5.41, 5.74) is 2.29. The van der Waals surface area contributed by atoms with Crippen molar-refractivity contribution in [2.75, 3.05) is 13.7 Å². The fourth-order valence-electron chi connectivity index (χ4n) is 1.84. The Morgan fingerprint density at radius 3 is 2.79 bits per heavy atom. The van der Waals surface area contributed by atoms with Crippen LogP contribution in [0, 0.1) is 0 Å². The zero-order chi connectivity index (χ0) is 13.3. The van der Waals surface area contributed by atoms with Gasteiger partial charge in [0.15, 0.2) is 0 Å². The SMILES string of the molecule is CNCc1cc(OCCCc2ccncc2)ccn1. The number of aromatic nitrogens is 2. The summed E-state index contributed by atoms with van der Waals surface area (Å²) in [6, 6.07) is 7.95. The normalized spacial score (nSPS) is 10.4. The zero-order valence-electron chi connectivity index (χ0n) is 11.2. The van der Waals surface area contributed by atoms with Crippen LogP contribution in [0.2, 0.25) is 0 Å². The quantitative estimate of drug-likeness (QED) is 0.773. The van der Waals surface area contributed by atoms with E-state index in [1.54, 1.807) is 6.20 Å². The fourth-order valence-corrected chi connectivity index (χ4v) is 1.84. The van der Waals surface area contributed by atoms with Crippen molar-refractivity contribution in [1.82, 2.24) is 15.3 Å². The van der Waals surface area contributed by atoms with E-state index in [9.17, 15) is 0 Å². The first-order chi connectivity index (χ1) is 9.38. The van der Waals surface area contributed by atoms with Crippen LogP contribution in [0.5, 0.6) is 5.75 Å². The van der Waals surface area contributed by atoms with Crippen LogP contribution in [0.25, 0.3) is 0 Å². The van der Waals surface area contributed by atoms with E-state index in [4.69, 9.17) is 4.74 Å². The van der Waals surface area contributed by atoms with Crippen LogP contribution in [0.1, 0.15) is 17.7 Å². The molecule has 0 fully saturated rings. The number of nitrogens with one attached hydrogen (secondary N) is 1. The number of nitrogens with zero attached hydrogens (tertiary/aromatic N) is 2. The molecule has 2 heterocycles. The predicted octanol–water partition coefficient (Wildman–Crippen LogP) is 2.21. The lowest BCUT2D eigenvalue weighted by Gasteiger charge is -2.07. The average Bonchev–Trinajstić information content (AvgIpc) is 2.46. The summed E-state index contributed by atoms with van der Waals surface area (Å²) in [5, 5.41) is 3.08. The number of aryl methyl sites for hydroxylation is 1. The molecule has 0 aliphatic carbocycles. The van der Waals surface area contributed by atoms with Gasteiger partial charge in [-0.3, -0.25) is 9.97 Å². The summed E-state index contributed by atoms with van der Waals surface area (Å²) >= 11 is 0. The molecule has 0 radical (unpaired) electrons. The molecule has 2 aromatic heterocycles. The molecule has 0 unspecified atom stereocenters. The van der Waals surface area contributed by atoms with E-state index in [0.717, 1.165) is 30.8 Å². The van der Waals surface area contributed by atoms with Gasteiger partial charge in [0.2, 0.25) is 0 Å². The topological polar surface area (TPSA) is 47.0 Å². The van der Waals surface area contributed by atoms with Gasteiger partial charge in [-0.2, -0.15) is 0 Å². The third-order valence-corrected chi connectivity index (χ3v) is 2.77. The maximum Gasteiger partial charge on any atom is 0.122 e. The molecule has 0 bridgehead atoms. The van der Waals surface area contributed by atoms with Gasteiger partial charge in [0.05, 0.1) is 12.3 Å². The molecule has 0 aromatic carbocycles. The van der Waals surface area contributed by atoms with Crippen molar-refractivity contribution in [2.24, 2.45) is 0 Å². The lowest BCUT2D eigenvalue weighted by Crippen LogP contribution is -2.07. The molecule has 2 aromatic rings. The number of pyridine rings is 2. The first kappa shape index (κ1) is 13.5. The van der Waals surface area contributed by atoms with E-state index >= 15 is 0 Å². The van der Waals surface area contributed by atoms with Crippen molar-refractivity contribution < 1.29 is 4.74 Å². The second-order valence-electron chi connectivity index (χ2n) is 4.32. The van der Waals surface area contributed by atoms with Crippen molar-refractivity contribution >= 4 is 0 Å². The molecular weight excluding hydrogens is 238 g/mol. The monoisotopic (exact) mass is 257 g/mol. The highest BCUT2D eigenvalue weighted by atomic mass is 16.5. The second kappa shape index (κ2) is 7.48. The van der Waals surface area contributed by atoms with E-state index in [2.05, 4.69) is 15.3 Å². The van der Waals surface area contributed by atoms with Gasteiger partial charge in [-0.1, -0.05) is 0 Å². The predicted molar refractivity (Wildman–Crippen MR) is 75.1 cm³/mol. The van der Waals surface area contributed by atoms with Gasteiger partial charge in [0.25, 0.3) is 0 Å². The molecule has 4 nitrogen and oxygen atoms in total. The third kappa shape index (κ3) is 4.67. The molecule has 2 rings (SSSR count). The molecular formula is C15H19N3O. The minimum atomic E-state index is 0.714. The first-order valence-electron chi connectivity index (χ1n) is 6.50. The molecule has 0 aliphatic heterocycles.